The van der Waals surface area contributed by atoms with Crippen LogP contribution in [0.4, 0.5) is 0 Å². The normalized spacial score (nSPS) is 11.7. The number of hydrogen-bond donors (Lipinski definition) is 2. The van der Waals surface area contributed by atoms with Gasteiger partial charge in [0.1, 0.15) is 6.04 Å². The lowest BCUT2D eigenvalue weighted by molar-refractivity contribution is -0.138. The maximum absolute atomic E-state index is 10.5. The zero-order valence-corrected chi connectivity index (χ0v) is 8.18. The molecular formula is C11H12N2O2. The maximum atomic E-state index is 10.5. The Balaban J connectivity index is 2.58. The summed E-state index contributed by atoms with van der Waals surface area (Å²) < 4.78 is 0. The van der Waals surface area contributed by atoms with Crippen molar-refractivity contribution in [2.24, 2.45) is 5.73 Å². The molecule has 0 bridgehead atoms. The molecule has 0 heterocycles. The second kappa shape index (κ2) is 5.13. The number of nitrogens with two attached hydrogens (primary N) is 1. The van der Waals surface area contributed by atoms with Gasteiger partial charge in [0.15, 0.2) is 0 Å². The summed E-state index contributed by atoms with van der Waals surface area (Å²) in [5.74, 6) is -0.994. The molecule has 0 radical (unpaired) electrons. The van der Waals surface area contributed by atoms with Crippen molar-refractivity contribution in [2.45, 2.75) is 18.9 Å². The Kier molecular flexibility index (Phi) is 3.83. The molecule has 0 saturated carbocycles. The zero-order valence-electron chi connectivity index (χ0n) is 8.18. The second-order valence-corrected chi connectivity index (χ2v) is 3.30. The molecule has 0 aliphatic carbocycles. The standard InChI is InChI=1S/C11H12N2O2/c12-7-9-3-1-2-8(6-9)4-5-10(13)11(14)15/h1-3,6,10H,4-5,13H2,(H,14,15). The van der Waals surface area contributed by atoms with Gasteiger partial charge in [-0.1, -0.05) is 12.1 Å². The van der Waals surface area contributed by atoms with E-state index < -0.39 is 12.0 Å². The number of nitrogens with zero attached hydrogens (tertiary/aromatic N) is 1. The van der Waals surface area contributed by atoms with E-state index in [1.54, 1.807) is 18.2 Å². The van der Waals surface area contributed by atoms with Crippen molar-refractivity contribution in [3.63, 3.8) is 0 Å². The van der Waals surface area contributed by atoms with Crippen LogP contribution in [0.15, 0.2) is 24.3 Å². The van der Waals surface area contributed by atoms with E-state index in [4.69, 9.17) is 16.1 Å². The minimum absolute atomic E-state index is 0.379. The lowest BCUT2D eigenvalue weighted by atomic mass is 10.0. The summed E-state index contributed by atoms with van der Waals surface area (Å²) in [4.78, 5) is 10.5. The number of carboxylic acid groups (broad SMARTS) is 1. The fraction of sp³-hybridized carbons (Fsp3) is 0.273. The van der Waals surface area contributed by atoms with Gasteiger partial charge in [-0.25, -0.2) is 0 Å². The van der Waals surface area contributed by atoms with E-state index in [1.165, 1.54) is 0 Å². The average molecular weight is 204 g/mol. The predicted octanol–water partition coefficient (Wildman–Crippen LogP) is 0.903. The van der Waals surface area contributed by atoms with E-state index in [2.05, 4.69) is 0 Å². The number of carboxylic acids is 1. The third-order valence-corrected chi connectivity index (χ3v) is 2.12. The third-order valence-electron chi connectivity index (χ3n) is 2.12. The summed E-state index contributed by atoms with van der Waals surface area (Å²) in [5.41, 5.74) is 6.89. The van der Waals surface area contributed by atoms with Gasteiger partial charge >= 0.3 is 5.97 Å². The second-order valence-electron chi connectivity index (χ2n) is 3.30. The first-order chi connectivity index (χ1) is 7.13. The van der Waals surface area contributed by atoms with Crippen molar-refractivity contribution < 1.29 is 9.90 Å². The van der Waals surface area contributed by atoms with Crippen LogP contribution in [0, 0.1) is 11.3 Å². The van der Waals surface area contributed by atoms with E-state index in [1.807, 2.05) is 12.1 Å². The van der Waals surface area contributed by atoms with Gasteiger partial charge in [0, 0.05) is 0 Å². The van der Waals surface area contributed by atoms with E-state index in [0.717, 1.165) is 5.56 Å². The van der Waals surface area contributed by atoms with Crippen LogP contribution in [0.25, 0.3) is 0 Å². The maximum Gasteiger partial charge on any atom is 0.320 e. The molecule has 1 atom stereocenters. The van der Waals surface area contributed by atoms with Crippen molar-refractivity contribution in [1.29, 1.82) is 5.26 Å². The Hall–Kier alpha value is -1.86. The summed E-state index contributed by atoms with van der Waals surface area (Å²) in [6.07, 6.45) is 0.952. The molecule has 0 spiro atoms. The number of benzene rings is 1. The predicted molar refractivity (Wildman–Crippen MR) is 55.1 cm³/mol. The molecule has 0 aromatic heterocycles. The Labute approximate surface area is 87.9 Å². The molecule has 0 amide bonds. The smallest absolute Gasteiger partial charge is 0.320 e. The minimum Gasteiger partial charge on any atom is -0.480 e. The number of aryl methyl sites for hydroxylation is 1. The van der Waals surface area contributed by atoms with Crippen LogP contribution in [0.3, 0.4) is 0 Å². The van der Waals surface area contributed by atoms with Gasteiger partial charge in [0.25, 0.3) is 0 Å². The van der Waals surface area contributed by atoms with Crippen LogP contribution >= 0.6 is 0 Å². The highest BCUT2D eigenvalue weighted by Crippen LogP contribution is 2.07. The fourth-order valence-corrected chi connectivity index (χ4v) is 1.24. The summed E-state index contributed by atoms with van der Waals surface area (Å²) in [5, 5.41) is 17.2. The number of nitriles is 1. The van der Waals surface area contributed by atoms with Crippen LogP contribution in [-0.2, 0) is 11.2 Å². The number of rotatable bonds is 4. The van der Waals surface area contributed by atoms with Gasteiger partial charge in [-0.05, 0) is 30.5 Å². The zero-order chi connectivity index (χ0) is 11.3. The Bertz CT molecular complexity index is 396. The quantitative estimate of drug-likeness (QED) is 0.762. The summed E-state index contributed by atoms with van der Waals surface area (Å²) in [7, 11) is 0. The van der Waals surface area contributed by atoms with Gasteiger partial charge < -0.3 is 10.8 Å². The van der Waals surface area contributed by atoms with Gasteiger partial charge in [-0.2, -0.15) is 5.26 Å². The van der Waals surface area contributed by atoms with Gasteiger partial charge in [0.05, 0.1) is 11.6 Å². The topological polar surface area (TPSA) is 87.1 Å². The minimum atomic E-state index is -0.994. The average Bonchev–Trinajstić information content (AvgIpc) is 2.26. The third kappa shape index (κ3) is 3.41. The van der Waals surface area contributed by atoms with Crippen LogP contribution in [0.2, 0.25) is 0 Å². The first-order valence-electron chi connectivity index (χ1n) is 4.61. The van der Waals surface area contributed by atoms with Gasteiger partial charge in [-0.15, -0.1) is 0 Å². The molecule has 1 unspecified atom stereocenters. The highest BCUT2D eigenvalue weighted by molar-refractivity contribution is 5.73. The molecule has 4 nitrogen and oxygen atoms in total. The fourth-order valence-electron chi connectivity index (χ4n) is 1.24. The van der Waals surface area contributed by atoms with Gasteiger partial charge in [0.2, 0.25) is 0 Å². The van der Waals surface area contributed by atoms with Crippen LogP contribution in [0.5, 0.6) is 0 Å². The van der Waals surface area contributed by atoms with E-state index in [-0.39, 0.29) is 0 Å². The van der Waals surface area contributed by atoms with Crippen molar-refractivity contribution in [3.05, 3.63) is 35.4 Å². The lowest BCUT2D eigenvalue weighted by Crippen LogP contribution is -2.30. The summed E-state index contributed by atoms with van der Waals surface area (Å²) >= 11 is 0. The molecule has 3 N–H and O–H groups in total. The van der Waals surface area contributed by atoms with E-state index >= 15 is 0 Å². The van der Waals surface area contributed by atoms with Crippen LogP contribution in [-0.4, -0.2) is 17.1 Å². The van der Waals surface area contributed by atoms with Crippen molar-refractivity contribution in [3.8, 4) is 6.07 Å². The van der Waals surface area contributed by atoms with E-state index in [9.17, 15) is 4.79 Å². The monoisotopic (exact) mass is 204 g/mol. The largest absolute Gasteiger partial charge is 0.480 e. The summed E-state index contributed by atoms with van der Waals surface area (Å²) in [6.45, 7) is 0. The van der Waals surface area contributed by atoms with Gasteiger partial charge in [-0.3, -0.25) is 4.79 Å². The molecular weight excluding hydrogens is 192 g/mol. The van der Waals surface area contributed by atoms with Crippen molar-refractivity contribution in [1.82, 2.24) is 0 Å². The molecule has 1 aromatic carbocycles. The Morgan fingerprint density at radius 3 is 2.93 bits per heavy atom. The molecule has 78 valence electrons. The Morgan fingerprint density at radius 2 is 2.33 bits per heavy atom. The highest BCUT2D eigenvalue weighted by Gasteiger charge is 2.10. The molecule has 0 aliphatic heterocycles. The lowest BCUT2D eigenvalue weighted by Gasteiger charge is -2.05. The highest BCUT2D eigenvalue weighted by atomic mass is 16.4. The molecule has 15 heavy (non-hydrogen) atoms. The molecule has 0 aliphatic rings. The Morgan fingerprint density at radius 1 is 1.60 bits per heavy atom. The number of aliphatic carboxylic acids is 1. The van der Waals surface area contributed by atoms with E-state index in [0.29, 0.717) is 18.4 Å². The number of hydrogen-bond acceptors (Lipinski definition) is 3. The molecule has 0 fully saturated rings. The SMILES string of the molecule is N#Cc1cccc(CCC(N)C(=O)O)c1. The molecule has 0 saturated heterocycles. The molecule has 4 heteroatoms. The molecule has 1 aromatic rings. The number of carbonyl (C=O) groups is 1. The van der Waals surface area contributed by atoms with Crippen molar-refractivity contribution >= 4 is 5.97 Å². The van der Waals surface area contributed by atoms with Crippen LogP contribution in [0.1, 0.15) is 17.5 Å². The molecule has 1 rings (SSSR count). The van der Waals surface area contributed by atoms with Crippen molar-refractivity contribution in [2.75, 3.05) is 0 Å². The van der Waals surface area contributed by atoms with Crippen LogP contribution < -0.4 is 5.73 Å². The first-order valence-corrected chi connectivity index (χ1v) is 4.61. The first kappa shape index (κ1) is 11.2. The summed E-state index contributed by atoms with van der Waals surface area (Å²) in [6, 6.07) is 8.28.